The fourth-order valence-corrected chi connectivity index (χ4v) is 1.94. The van der Waals surface area contributed by atoms with Crippen LogP contribution in [0.15, 0.2) is 33.5 Å². The lowest BCUT2D eigenvalue weighted by molar-refractivity contribution is 1.16. The number of nitrogens with zero attached hydrogens (tertiary/aromatic N) is 1. The number of rotatable bonds is 1. The van der Waals surface area contributed by atoms with Gasteiger partial charge in [-0.15, -0.1) is 0 Å². The SMILES string of the molecule is N#CCc1cc2cccc(Br)c2[nH]c1=O. The van der Waals surface area contributed by atoms with Gasteiger partial charge in [0.15, 0.2) is 0 Å². The summed E-state index contributed by atoms with van der Waals surface area (Å²) in [5.41, 5.74) is 1.07. The highest BCUT2D eigenvalue weighted by Crippen LogP contribution is 2.20. The van der Waals surface area contributed by atoms with Gasteiger partial charge in [-0.3, -0.25) is 4.79 Å². The highest BCUT2D eigenvalue weighted by Gasteiger charge is 2.04. The second kappa shape index (κ2) is 3.87. The van der Waals surface area contributed by atoms with Gasteiger partial charge in [-0.25, -0.2) is 0 Å². The van der Waals surface area contributed by atoms with Gasteiger partial charge in [-0.1, -0.05) is 12.1 Å². The van der Waals surface area contributed by atoms with E-state index in [1.54, 1.807) is 6.07 Å². The third-order valence-electron chi connectivity index (χ3n) is 2.18. The number of aromatic amines is 1. The van der Waals surface area contributed by atoms with Crippen LogP contribution in [0, 0.1) is 11.3 Å². The number of hydrogen-bond donors (Lipinski definition) is 1. The molecule has 2 aromatic rings. The lowest BCUT2D eigenvalue weighted by Crippen LogP contribution is -2.11. The molecule has 0 radical (unpaired) electrons. The Balaban J connectivity index is 2.78. The number of nitrogens with one attached hydrogen (secondary N) is 1. The van der Waals surface area contributed by atoms with Gasteiger partial charge < -0.3 is 4.98 Å². The molecule has 0 saturated heterocycles. The molecule has 3 nitrogen and oxygen atoms in total. The molecule has 0 saturated carbocycles. The van der Waals surface area contributed by atoms with Crippen LogP contribution in [0.25, 0.3) is 10.9 Å². The van der Waals surface area contributed by atoms with Crippen LogP contribution in [0.2, 0.25) is 0 Å². The van der Waals surface area contributed by atoms with E-state index < -0.39 is 0 Å². The van der Waals surface area contributed by atoms with Gasteiger partial charge >= 0.3 is 0 Å². The summed E-state index contributed by atoms with van der Waals surface area (Å²) >= 11 is 3.36. The number of benzene rings is 1. The van der Waals surface area contributed by atoms with Gasteiger partial charge in [0.25, 0.3) is 5.56 Å². The maximum atomic E-state index is 11.5. The smallest absolute Gasteiger partial charge is 0.252 e. The highest BCUT2D eigenvalue weighted by atomic mass is 79.9. The molecule has 1 aromatic carbocycles. The maximum absolute atomic E-state index is 11.5. The van der Waals surface area contributed by atoms with Gasteiger partial charge in [0, 0.05) is 10.0 Å². The Labute approximate surface area is 94.5 Å². The zero-order valence-electron chi connectivity index (χ0n) is 7.75. The maximum Gasteiger partial charge on any atom is 0.252 e. The number of aromatic nitrogens is 1. The summed E-state index contributed by atoms with van der Waals surface area (Å²) in [6.45, 7) is 0. The topological polar surface area (TPSA) is 56.6 Å². The van der Waals surface area contributed by atoms with Crippen molar-refractivity contribution in [1.82, 2.24) is 4.98 Å². The Morgan fingerprint density at radius 1 is 1.47 bits per heavy atom. The van der Waals surface area contributed by atoms with E-state index in [2.05, 4.69) is 20.9 Å². The molecular weight excluding hydrogens is 256 g/mol. The highest BCUT2D eigenvalue weighted by molar-refractivity contribution is 9.10. The molecule has 15 heavy (non-hydrogen) atoms. The first-order chi connectivity index (χ1) is 7.22. The normalized spacial score (nSPS) is 10.1. The molecular formula is C11H7BrN2O. The van der Waals surface area contributed by atoms with Crippen molar-refractivity contribution >= 4 is 26.8 Å². The van der Waals surface area contributed by atoms with Crippen LogP contribution in [0.3, 0.4) is 0 Å². The van der Waals surface area contributed by atoms with Gasteiger partial charge in [-0.05, 0) is 33.4 Å². The first-order valence-corrected chi connectivity index (χ1v) is 5.19. The largest absolute Gasteiger partial charge is 0.321 e. The van der Waals surface area contributed by atoms with Crippen LogP contribution < -0.4 is 5.56 Å². The Hall–Kier alpha value is -1.60. The van der Waals surface area contributed by atoms with Crippen molar-refractivity contribution in [3.8, 4) is 6.07 Å². The Morgan fingerprint density at radius 2 is 2.27 bits per heavy atom. The Morgan fingerprint density at radius 3 is 3.00 bits per heavy atom. The van der Waals surface area contributed by atoms with Crippen molar-refractivity contribution in [2.45, 2.75) is 6.42 Å². The molecule has 0 aliphatic heterocycles. The number of pyridine rings is 1. The van der Waals surface area contributed by atoms with Crippen molar-refractivity contribution in [2.24, 2.45) is 0 Å². The molecule has 1 aromatic heterocycles. The van der Waals surface area contributed by atoms with Gasteiger partial charge in [-0.2, -0.15) is 5.26 Å². The summed E-state index contributed by atoms with van der Waals surface area (Å²) in [5.74, 6) is 0. The van der Waals surface area contributed by atoms with Crippen molar-refractivity contribution in [1.29, 1.82) is 5.26 Å². The Bertz CT molecular complexity index is 610. The molecule has 1 heterocycles. The van der Waals surface area contributed by atoms with E-state index in [-0.39, 0.29) is 12.0 Å². The van der Waals surface area contributed by atoms with Crippen LogP contribution in [0.1, 0.15) is 5.56 Å². The molecule has 74 valence electrons. The van der Waals surface area contributed by atoms with Crippen LogP contribution in [0.5, 0.6) is 0 Å². The van der Waals surface area contributed by atoms with Crippen molar-refractivity contribution < 1.29 is 0 Å². The van der Waals surface area contributed by atoms with E-state index in [1.807, 2.05) is 24.3 Å². The number of fused-ring (bicyclic) bond motifs is 1. The number of para-hydroxylation sites is 1. The molecule has 0 aliphatic rings. The monoisotopic (exact) mass is 262 g/mol. The fourth-order valence-electron chi connectivity index (χ4n) is 1.46. The molecule has 0 fully saturated rings. The van der Waals surface area contributed by atoms with E-state index in [0.29, 0.717) is 5.56 Å². The predicted molar refractivity (Wildman–Crippen MR) is 61.6 cm³/mol. The van der Waals surface area contributed by atoms with Crippen molar-refractivity contribution in [2.75, 3.05) is 0 Å². The second-order valence-corrected chi connectivity index (χ2v) is 4.02. The first-order valence-electron chi connectivity index (χ1n) is 4.40. The summed E-state index contributed by atoms with van der Waals surface area (Å²) in [6, 6.07) is 9.38. The molecule has 0 aliphatic carbocycles. The molecule has 0 atom stereocenters. The molecule has 0 unspecified atom stereocenters. The van der Waals surface area contributed by atoms with Gasteiger partial charge in [0.2, 0.25) is 0 Å². The predicted octanol–water partition coefficient (Wildman–Crippen LogP) is 2.36. The molecule has 0 bridgehead atoms. The standard InChI is InChI=1S/C11H7BrN2O/c12-9-3-1-2-7-6-8(4-5-13)11(15)14-10(7)9/h1-3,6H,4H2,(H,14,15). The zero-order chi connectivity index (χ0) is 10.8. The molecule has 4 heteroatoms. The fraction of sp³-hybridized carbons (Fsp3) is 0.0909. The molecule has 0 amide bonds. The number of H-pyrrole nitrogens is 1. The quantitative estimate of drug-likeness (QED) is 0.858. The third-order valence-corrected chi connectivity index (χ3v) is 2.84. The lowest BCUT2D eigenvalue weighted by atomic mass is 10.1. The first kappa shape index (κ1) is 9.94. The number of halogens is 1. The molecule has 1 N–H and O–H groups in total. The summed E-state index contributed by atoms with van der Waals surface area (Å²) in [6.07, 6.45) is 0.137. The minimum Gasteiger partial charge on any atom is -0.321 e. The third kappa shape index (κ3) is 1.79. The van der Waals surface area contributed by atoms with Gasteiger partial charge in [0.05, 0.1) is 18.0 Å². The second-order valence-electron chi connectivity index (χ2n) is 3.16. The van der Waals surface area contributed by atoms with Gasteiger partial charge in [0.1, 0.15) is 0 Å². The summed E-state index contributed by atoms with van der Waals surface area (Å²) in [7, 11) is 0. The summed E-state index contributed by atoms with van der Waals surface area (Å²) < 4.78 is 0.848. The van der Waals surface area contributed by atoms with Crippen LogP contribution in [-0.2, 0) is 6.42 Å². The average molecular weight is 263 g/mol. The van der Waals surface area contributed by atoms with E-state index in [0.717, 1.165) is 15.4 Å². The van der Waals surface area contributed by atoms with E-state index in [9.17, 15) is 4.79 Å². The van der Waals surface area contributed by atoms with Crippen LogP contribution >= 0.6 is 15.9 Å². The summed E-state index contributed by atoms with van der Waals surface area (Å²) in [5, 5.41) is 9.48. The molecule has 2 rings (SSSR count). The van der Waals surface area contributed by atoms with E-state index in [4.69, 9.17) is 5.26 Å². The van der Waals surface area contributed by atoms with Crippen molar-refractivity contribution in [3.05, 3.63) is 44.7 Å². The average Bonchev–Trinajstić information content (AvgIpc) is 2.21. The van der Waals surface area contributed by atoms with Crippen LogP contribution in [0.4, 0.5) is 0 Å². The lowest BCUT2D eigenvalue weighted by Gasteiger charge is -2.01. The minimum absolute atomic E-state index is 0.137. The minimum atomic E-state index is -0.198. The van der Waals surface area contributed by atoms with E-state index in [1.165, 1.54) is 0 Å². The molecule has 0 spiro atoms. The zero-order valence-corrected chi connectivity index (χ0v) is 9.34. The Kier molecular flexibility index (Phi) is 2.57. The number of nitriles is 1. The van der Waals surface area contributed by atoms with Crippen LogP contribution in [-0.4, -0.2) is 4.98 Å². The van der Waals surface area contributed by atoms with E-state index >= 15 is 0 Å². The number of hydrogen-bond acceptors (Lipinski definition) is 2. The van der Waals surface area contributed by atoms with Crippen molar-refractivity contribution in [3.63, 3.8) is 0 Å². The summed E-state index contributed by atoms with van der Waals surface area (Å²) in [4.78, 5) is 14.3.